The Morgan fingerprint density at radius 3 is 2.66 bits per heavy atom. The number of nitrogens with zero attached hydrogens (tertiary/aromatic N) is 3. The Morgan fingerprint density at radius 2 is 1.93 bits per heavy atom. The molecule has 0 saturated carbocycles. The Balaban J connectivity index is 1.52. The van der Waals surface area contributed by atoms with E-state index in [-0.39, 0.29) is 18.1 Å². The molecule has 0 unspecified atom stereocenters. The lowest BCUT2D eigenvalue weighted by atomic mass is 9.98. The summed E-state index contributed by atoms with van der Waals surface area (Å²) in [6, 6.07) is 8.60. The summed E-state index contributed by atoms with van der Waals surface area (Å²) >= 11 is 1.18. The number of nitrogens with one attached hydrogen (secondary N) is 1. The molecule has 4 rings (SSSR count). The number of sulfonamides is 1. The van der Waals surface area contributed by atoms with E-state index in [4.69, 9.17) is 0 Å². The monoisotopic (exact) mass is 434 g/mol. The highest BCUT2D eigenvalue weighted by atomic mass is 32.2. The van der Waals surface area contributed by atoms with Crippen LogP contribution < -0.4 is 11.0 Å². The first-order chi connectivity index (χ1) is 13.8. The molecule has 1 fully saturated rings. The Kier molecular flexibility index (Phi) is 5.09. The van der Waals surface area contributed by atoms with Gasteiger partial charge < -0.3 is 5.32 Å². The van der Waals surface area contributed by atoms with E-state index in [0.29, 0.717) is 29.3 Å². The van der Waals surface area contributed by atoms with Gasteiger partial charge in [-0.1, -0.05) is 6.07 Å². The van der Waals surface area contributed by atoms with Gasteiger partial charge in [-0.2, -0.15) is 4.31 Å². The first-order valence-corrected chi connectivity index (χ1v) is 11.6. The molecule has 0 bridgehead atoms. The molecule has 10 heteroatoms. The van der Waals surface area contributed by atoms with Crippen molar-refractivity contribution in [3.8, 4) is 0 Å². The zero-order valence-corrected chi connectivity index (χ0v) is 17.8. The fraction of sp³-hybridized carbons (Fsp3) is 0.368. The molecule has 0 radical (unpaired) electrons. The van der Waals surface area contributed by atoms with E-state index in [1.165, 1.54) is 20.2 Å². The van der Waals surface area contributed by atoms with Crippen molar-refractivity contribution in [2.45, 2.75) is 17.1 Å². The van der Waals surface area contributed by atoms with Crippen molar-refractivity contribution in [2.75, 3.05) is 18.4 Å². The molecule has 1 atom stereocenters. The number of amides is 1. The number of fused-ring (bicyclic) bond motifs is 1. The minimum absolute atomic E-state index is 0.134. The van der Waals surface area contributed by atoms with Crippen LogP contribution in [0.2, 0.25) is 0 Å². The second kappa shape index (κ2) is 7.43. The Labute approximate surface area is 172 Å². The molecule has 1 aromatic carbocycles. The molecule has 0 spiro atoms. The van der Waals surface area contributed by atoms with Crippen molar-refractivity contribution in [2.24, 2.45) is 20.0 Å². The quantitative estimate of drug-likeness (QED) is 0.679. The minimum Gasteiger partial charge on any atom is -0.326 e. The molecule has 3 heterocycles. The van der Waals surface area contributed by atoms with Crippen LogP contribution >= 0.6 is 11.3 Å². The van der Waals surface area contributed by atoms with Crippen molar-refractivity contribution >= 4 is 44.0 Å². The van der Waals surface area contributed by atoms with Crippen LogP contribution in [0.3, 0.4) is 0 Å². The molecule has 8 nitrogen and oxygen atoms in total. The maximum atomic E-state index is 12.8. The molecule has 3 aromatic rings. The number of carbonyl (C=O) groups excluding carboxylic acids is 1. The summed E-state index contributed by atoms with van der Waals surface area (Å²) in [5, 5.41) is 4.61. The number of imidazole rings is 1. The SMILES string of the molecule is Cn1c(=O)n(C)c2cc(NC(=O)[C@@H]3CCCN(S(=O)(=O)c4cccs4)C3)ccc21. The van der Waals surface area contributed by atoms with Gasteiger partial charge in [0, 0.05) is 32.9 Å². The fourth-order valence-electron chi connectivity index (χ4n) is 3.74. The number of hydrogen-bond donors (Lipinski definition) is 1. The highest BCUT2D eigenvalue weighted by molar-refractivity contribution is 7.91. The number of aryl methyl sites for hydroxylation is 2. The van der Waals surface area contributed by atoms with Crippen LogP contribution in [0.25, 0.3) is 11.0 Å². The zero-order chi connectivity index (χ0) is 20.8. The number of benzene rings is 1. The summed E-state index contributed by atoms with van der Waals surface area (Å²) in [4.78, 5) is 24.9. The molecule has 1 N–H and O–H groups in total. The molecule has 1 aliphatic heterocycles. The minimum atomic E-state index is -3.56. The highest BCUT2D eigenvalue weighted by Gasteiger charge is 2.33. The van der Waals surface area contributed by atoms with Crippen molar-refractivity contribution in [3.63, 3.8) is 0 Å². The number of rotatable bonds is 4. The molecule has 1 aliphatic rings. The molecule has 1 saturated heterocycles. The number of thiophene rings is 1. The third kappa shape index (κ3) is 3.52. The average molecular weight is 435 g/mol. The van der Waals surface area contributed by atoms with E-state index >= 15 is 0 Å². The van der Waals surface area contributed by atoms with Crippen LogP contribution in [0.15, 0.2) is 44.7 Å². The van der Waals surface area contributed by atoms with Crippen LogP contribution in [0.5, 0.6) is 0 Å². The first kappa shape index (κ1) is 19.9. The second-order valence-corrected chi connectivity index (χ2v) is 10.3. The Bertz CT molecular complexity index is 1230. The normalized spacial score (nSPS) is 18.2. The Hall–Kier alpha value is -2.43. The van der Waals surface area contributed by atoms with Gasteiger partial charge in [0.2, 0.25) is 5.91 Å². The van der Waals surface area contributed by atoms with E-state index in [2.05, 4.69) is 5.32 Å². The number of piperidine rings is 1. The summed E-state index contributed by atoms with van der Waals surface area (Å²) < 4.78 is 30.3. The summed E-state index contributed by atoms with van der Waals surface area (Å²) in [6.45, 7) is 0.584. The number of carbonyl (C=O) groups is 1. The van der Waals surface area contributed by atoms with E-state index in [1.54, 1.807) is 54.4 Å². The predicted octanol–water partition coefficient (Wildman–Crippen LogP) is 1.98. The third-order valence-corrected chi connectivity index (χ3v) is 8.62. The van der Waals surface area contributed by atoms with Gasteiger partial charge in [0.15, 0.2) is 0 Å². The van der Waals surface area contributed by atoms with Crippen molar-refractivity contribution in [1.82, 2.24) is 13.4 Å². The standard InChI is InChI=1S/C19H22N4O4S2/c1-21-15-8-7-14(11-16(15)22(2)19(21)25)20-18(24)13-5-3-9-23(12-13)29(26,27)17-6-4-10-28-17/h4,6-8,10-11,13H,3,5,9,12H2,1-2H3,(H,20,24)/t13-/m1/s1. The molecular weight excluding hydrogens is 412 g/mol. The van der Waals surface area contributed by atoms with Crippen molar-refractivity contribution < 1.29 is 13.2 Å². The predicted molar refractivity (Wildman–Crippen MR) is 113 cm³/mol. The molecule has 2 aromatic heterocycles. The van der Waals surface area contributed by atoms with Gasteiger partial charge in [0.25, 0.3) is 10.0 Å². The summed E-state index contributed by atoms with van der Waals surface area (Å²) in [5.41, 5.74) is 1.95. The van der Waals surface area contributed by atoms with Crippen LogP contribution in [0.4, 0.5) is 5.69 Å². The third-order valence-electron chi connectivity index (χ3n) is 5.38. The summed E-state index contributed by atoms with van der Waals surface area (Å²) in [6.07, 6.45) is 1.27. The maximum Gasteiger partial charge on any atom is 0.328 e. The van der Waals surface area contributed by atoms with Gasteiger partial charge in [-0.05, 0) is 42.5 Å². The van der Waals surface area contributed by atoms with Gasteiger partial charge in [0.1, 0.15) is 4.21 Å². The second-order valence-electron chi connectivity index (χ2n) is 7.23. The van der Waals surface area contributed by atoms with Crippen LogP contribution in [-0.2, 0) is 28.9 Å². The fourth-order valence-corrected chi connectivity index (χ4v) is 6.41. The zero-order valence-electron chi connectivity index (χ0n) is 16.2. The highest BCUT2D eigenvalue weighted by Crippen LogP contribution is 2.27. The topological polar surface area (TPSA) is 93.4 Å². The van der Waals surface area contributed by atoms with Crippen LogP contribution in [0.1, 0.15) is 12.8 Å². The lowest BCUT2D eigenvalue weighted by Gasteiger charge is -2.30. The molecule has 0 aliphatic carbocycles. The lowest BCUT2D eigenvalue weighted by Crippen LogP contribution is -2.43. The number of anilines is 1. The van der Waals surface area contributed by atoms with E-state index in [0.717, 1.165) is 11.0 Å². The van der Waals surface area contributed by atoms with E-state index in [1.807, 2.05) is 0 Å². The molecule has 29 heavy (non-hydrogen) atoms. The lowest BCUT2D eigenvalue weighted by molar-refractivity contribution is -0.120. The molecular formula is C19H22N4O4S2. The van der Waals surface area contributed by atoms with Crippen molar-refractivity contribution in [3.05, 3.63) is 46.2 Å². The van der Waals surface area contributed by atoms with Gasteiger partial charge in [0.05, 0.1) is 17.0 Å². The first-order valence-electron chi connectivity index (χ1n) is 9.29. The smallest absolute Gasteiger partial charge is 0.326 e. The molecule has 1 amide bonds. The van der Waals surface area contributed by atoms with Crippen molar-refractivity contribution in [1.29, 1.82) is 0 Å². The number of aromatic nitrogens is 2. The van der Waals surface area contributed by atoms with Gasteiger partial charge in [-0.3, -0.25) is 13.9 Å². The Morgan fingerprint density at radius 1 is 1.17 bits per heavy atom. The van der Waals surface area contributed by atoms with E-state index < -0.39 is 15.9 Å². The largest absolute Gasteiger partial charge is 0.328 e. The van der Waals surface area contributed by atoms with Gasteiger partial charge in [-0.25, -0.2) is 13.2 Å². The number of hydrogen-bond acceptors (Lipinski definition) is 5. The van der Waals surface area contributed by atoms with E-state index in [9.17, 15) is 18.0 Å². The molecule has 154 valence electrons. The average Bonchev–Trinajstić information content (AvgIpc) is 3.33. The van der Waals surface area contributed by atoms with Gasteiger partial charge in [-0.15, -0.1) is 11.3 Å². The van der Waals surface area contributed by atoms with Crippen LogP contribution in [-0.4, -0.2) is 40.9 Å². The maximum absolute atomic E-state index is 12.8. The van der Waals surface area contributed by atoms with Crippen LogP contribution in [0, 0.1) is 5.92 Å². The summed E-state index contributed by atoms with van der Waals surface area (Å²) in [5.74, 6) is -0.634. The summed E-state index contributed by atoms with van der Waals surface area (Å²) in [7, 11) is -0.176. The van der Waals surface area contributed by atoms with Gasteiger partial charge >= 0.3 is 5.69 Å².